The highest BCUT2D eigenvalue weighted by atomic mass is 79.9. The van der Waals surface area contributed by atoms with Crippen molar-refractivity contribution in [2.75, 3.05) is 5.75 Å². The van der Waals surface area contributed by atoms with E-state index in [1.807, 2.05) is 86.6 Å². The van der Waals surface area contributed by atoms with E-state index in [0.717, 1.165) is 26.9 Å². The first-order valence-electron chi connectivity index (χ1n) is 11.4. The Hall–Kier alpha value is -2.57. The molecule has 0 aliphatic rings. The quantitative estimate of drug-likeness (QED) is 0.333. The first-order chi connectivity index (χ1) is 16.4. The molecule has 3 aromatic rings. The molecule has 6 heteroatoms. The molecule has 0 aliphatic heterocycles. The van der Waals surface area contributed by atoms with Crippen molar-refractivity contribution in [3.63, 3.8) is 0 Å². The third-order valence-corrected chi connectivity index (χ3v) is 6.82. The summed E-state index contributed by atoms with van der Waals surface area (Å²) in [6, 6.07) is 27.3. The molecule has 0 aromatic heterocycles. The summed E-state index contributed by atoms with van der Waals surface area (Å²) in [7, 11) is 0. The number of thioether (sulfide) groups is 1. The fourth-order valence-electron chi connectivity index (χ4n) is 3.63. The molecule has 0 spiro atoms. The van der Waals surface area contributed by atoms with Crippen LogP contribution in [0.4, 0.5) is 0 Å². The highest BCUT2D eigenvalue weighted by molar-refractivity contribution is 9.10. The van der Waals surface area contributed by atoms with Gasteiger partial charge in [-0.15, -0.1) is 11.8 Å². The smallest absolute Gasteiger partial charge is 0.243 e. The molecule has 0 unspecified atom stereocenters. The van der Waals surface area contributed by atoms with Crippen molar-refractivity contribution in [2.45, 2.75) is 44.6 Å². The van der Waals surface area contributed by atoms with Crippen LogP contribution in [-0.2, 0) is 28.3 Å². The lowest BCUT2D eigenvalue weighted by molar-refractivity contribution is -0.139. The molecule has 0 heterocycles. The van der Waals surface area contributed by atoms with E-state index in [2.05, 4.69) is 33.4 Å². The van der Waals surface area contributed by atoms with Gasteiger partial charge in [-0.2, -0.15) is 0 Å². The van der Waals surface area contributed by atoms with E-state index in [1.165, 1.54) is 0 Å². The Bertz CT molecular complexity index is 1040. The first kappa shape index (κ1) is 26.0. The molecule has 4 nitrogen and oxygen atoms in total. The van der Waals surface area contributed by atoms with Gasteiger partial charge in [0.2, 0.25) is 11.8 Å². The second kappa shape index (κ2) is 13.4. The number of rotatable bonds is 11. The molecule has 0 aliphatic carbocycles. The van der Waals surface area contributed by atoms with Crippen LogP contribution in [0.3, 0.4) is 0 Å². The number of amides is 2. The summed E-state index contributed by atoms with van der Waals surface area (Å²) >= 11 is 5.03. The van der Waals surface area contributed by atoms with Crippen LogP contribution in [-0.4, -0.2) is 34.6 Å². The third kappa shape index (κ3) is 8.33. The molecular weight excluding hydrogens is 508 g/mol. The van der Waals surface area contributed by atoms with Crippen LogP contribution in [0.25, 0.3) is 0 Å². The maximum Gasteiger partial charge on any atom is 0.243 e. The monoisotopic (exact) mass is 538 g/mol. The molecule has 1 atom stereocenters. The summed E-state index contributed by atoms with van der Waals surface area (Å²) in [5.74, 6) is 0.884. The minimum absolute atomic E-state index is 0.00812. The average Bonchev–Trinajstić information content (AvgIpc) is 2.83. The lowest BCUT2D eigenvalue weighted by atomic mass is 10.0. The lowest BCUT2D eigenvalue weighted by Gasteiger charge is -2.32. The molecule has 0 saturated heterocycles. The van der Waals surface area contributed by atoms with E-state index < -0.39 is 6.04 Å². The van der Waals surface area contributed by atoms with Crippen molar-refractivity contribution in [3.05, 3.63) is 106 Å². The van der Waals surface area contributed by atoms with Crippen molar-refractivity contribution in [1.82, 2.24) is 10.2 Å². The Morgan fingerprint density at radius 1 is 0.853 bits per heavy atom. The largest absolute Gasteiger partial charge is 0.352 e. The second-order valence-electron chi connectivity index (χ2n) is 8.50. The summed E-state index contributed by atoms with van der Waals surface area (Å²) in [6.07, 6.45) is 0.468. The third-order valence-electron chi connectivity index (χ3n) is 5.31. The number of nitrogens with zero attached hydrogens (tertiary/aromatic N) is 1. The van der Waals surface area contributed by atoms with Gasteiger partial charge in [0.1, 0.15) is 6.04 Å². The number of carbonyl (C=O) groups excluding carboxylic acids is 2. The minimum atomic E-state index is -0.592. The van der Waals surface area contributed by atoms with Gasteiger partial charge in [-0.3, -0.25) is 9.59 Å². The maximum absolute atomic E-state index is 13.5. The van der Waals surface area contributed by atoms with Crippen LogP contribution in [0.15, 0.2) is 89.4 Å². The summed E-state index contributed by atoms with van der Waals surface area (Å²) in [5, 5.41) is 3.03. The van der Waals surface area contributed by atoms with Gasteiger partial charge >= 0.3 is 0 Å². The zero-order chi connectivity index (χ0) is 24.3. The van der Waals surface area contributed by atoms with Crippen molar-refractivity contribution in [1.29, 1.82) is 0 Å². The van der Waals surface area contributed by atoms with Gasteiger partial charge in [0.15, 0.2) is 0 Å². The van der Waals surface area contributed by atoms with Gasteiger partial charge in [0, 0.05) is 29.2 Å². The van der Waals surface area contributed by atoms with Gasteiger partial charge in [-0.05, 0) is 42.7 Å². The van der Waals surface area contributed by atoms with Crippen LogP contribution < -0.4 is 5.32 Å². The van der Waals surface area contributed by atoms with Gasteiger partial charge in [0.05, 0.1) is 5.75 Å². The Kier molecular flexibility index (Phi) is 10.2. The van der Waals surface area contributed by atoms with E-state index >= 15 is 0 Å². The van der Waals surface area contributed by atoms with Crippen molar-refractivity contribution in [3.8, 4) is 0 Å². The summed E-state index contributed by atoms with van der Waals surface area (Å²) in [5.41, 5.74) is 3.19. The maximum atomic E-state index is 13.5. The summed E-state index contributed by atoms with van der Waals surface area (Å²) in [6.45, 7) is 4.27. The van der Waals surface area contributed by atoms with Crippen molar-refractivity contribution >= 4 is 39.5 Å². The van der Waals surface area contributed by atoms with E-state index in [0.29, 0.717) is 18.7 Å². The number of hydrogen-bond donors (Lipinski definition) is 1. The SMILES string of the molecule is CC(C)NC(=O)[C@H](Cc1ccccc1)N(Cc1ccccc1)C(=O)CSCc1ccc(Br)cc1. The first-order valence-corrected chi connectivity index (χ1v) is 13.4. The van der Waals surface area contributed by atoms with Gasteiger partial charge in [-0.1, -0.05) is 88.7 Å². The average molecular weight is 540 g/mol. The summed E-state index contributed by atoms with van der Waals surface area (Å²) < 4.78 is 1.03. The second-order valence-corrected chi connectivity index (χ2v) is 10.4. The molecule has 178 valence electrons. The number of hydrogen-bond acceptors (Lipinski definition) is 3. The number of benzene rings is 3. The predicted octanol–water partition coefficient (Wildman–Crippen LogP) is 5.85. The van der Waals surface area contributed by atoms with Crippen LogP contribution in [0.2, 0.25) is 0 Å². The van der Waals surface area contributed by atoms with Gasteiger partial charge in [0.25, 0.3) is 0 Å². The molecule has 0 bridgehead atoms. The molecule has 2 amide bonds. The number of carbonyl (C=O) groups is 2. The fourth-order valence-corrected chi connectivity index (χ4v) is 4.77. The van der Waals surface area contributed by atoms with Crippen molar-refractivity contribution < 1.29 is 9.59 Å². The highest BCUT2D eigenvalue weighted by Crippen LogP contribution is 2.19. The molecular formula is C28H31BrN2O2S. The van der Waals surface area contributed by atoms with Crippen LogP contribution >= 0.6 is 27.7 Å². The van der Waals surface area contributed by atoms with Gasteiger partial charge in [-0.25, -0.2) is 0 Å². The zero-order valence-electron chi connectivity index (χ0n) is 19.6. The number of halogens is 1. The number of nitrogens with one attached hydrogen (secondary N) is 1. The van der Waals surface area contributed by atoms with E-state index in [1.54, 1.807) is 16.7 Å². The predicted molar refractivity (Wildman–Crippen MR) is 145 cm³/mol. The molecule has 34 heavy (non-hydrogen) atoms. The van der Waals surface area contributed by atoms with Crippen molar-refractivity contribution in [2.24, 2.45) is 0 Å². The topological polar surface area (TPSA) is 49.4 Å². The molecule has 3 rings (SSSR count). The molecule has 0 saturated carbocycles. The Morgan fingerprint density at radius 2 is 1.44 bits per heavy atom. The Morgan fingerprint density at radius 3 is 2.03 bits per heavy atom. The van der Waals surface area contributed by atoms with E-state index in [4.69, 9.17) is 0 Å². The molecule has 3 aromatic carbocycles. The lowest BCUT2D eigenvalue weighted by Crippen LogP contribution is -2.52. The highest BCUT2D eigenvalue weighted by Gasteiger charge is 2.30. The fraction of sp³-hybridized carbons (Fsp3) is 0.286. The molecule has 0 fully saturated rings. The van der Waals surface area contributed by atoms with E-state index in [9.17, 15) is 9.59 Å². The molecule has 0 radical (unpaired) electrons. The van der Waals surface area contributed by atoms with E-state index in [-0.39, 0.29) is 17.9 Å². The molecule has 1 N–H and O–H groups in total. The zero-order valence-corrected chi connectivity index (χ0v) is 22.0. The Labute approximate surface area is 215 Å². The standard InChI is InChI=1S/C28H31BrN2O2S/c1-21(2)30-28(33)26(17-22-9-5-3-6-10-22)31(18-23-11-7-4-8-12-23)27(32)20-34-19-24-13-15-25(29)16-14-24/h3-16,21,26H,17-20H2,1-2H3,(H,30,33)/t26-/m0/s1. The van der Waals surface area contributed by atoms with Crippen LogP contribution in [0, 0.1) is 0 Å². The van der Waals surface area contributed by atoms with Crippen LogP contribution in [0.5, 0.6) is 0 Å². The van der Waals surface area contributed by atoms with Crippen LogP contribution in [0.1, 0.15) is 30.5 Å². The normalized spacial score (nSPS) is 11.8. The Balaban J connectivity index is 1.81. The van der Waals surface area contributed by atoms with Gasteiger partial charge < -0.3 is 10.2 Å². The minimum Gasteiger partial charge on any atom is -0.352 e. The summed E-state index contributed by atoms with van der Waals surface area (Å²) in [4.78, 5) is 28.6.